The van der Waals surface area contributed by atoms with E-state index in [1.54, 1.807) is 0 Å². The summed E-state index contributed by atoms with van der Waals surface area (Å²) in [4.78, 5) is 4.34. The molecule has 0 unspecified atom stereocenters. The average Bonchev–Trinajstić information content (AvgIpc) is 2.18. The maximum absolute atomic E-state index is 4.34. The first kappa shape index (κ1) is 9.20. The van der Waals surface area contributed by atoms with Crippen molar-refractivity contribution < 1.29 is 0 Å². The van der Waals surface area contributed by atoms with Crippen LogP contribution in [0.2, 0.25) is 0 Å². The van der Waals surface area contributed by atoms with E-state index < -0.39 is 0 Å². The van der Waals surface area contributed by atoms with Crippen molar-refractivity contribution in [2.24, 2.45) is 0 Å². The smallest absolute Gasteiger partial charge is 0.0704 e. The number of aryl methyl sites for hydroxylation is 1. The molecular weight excluding hydrogens is 170 g/mol. The van der Waals surface area contributed by atoms with Crippen LogP contribution in [0.4, 0.5) is 0 Å². The minimum absolute atomic E-state index is 0.582. The van der Waals surface area contributed by atoms with E-state index in [0.717, 1.165) is 5.52 Å². The Morgan fingerprint density at radius 3 is 2.64 bits per heavy atom. The molecule has 0 radical (unpaired) electrons. The summed E-state index contributed by atoms with van der Waals surface area (Å²) in [6.07, 6.45) is 1.87. The predicted octanol–water partition coefficient (Wildman–Crippen LogP) is 3.67. The van der Waals surface area contributed by atoms with Gasteiger partial charge < -0.3 is 0 Å². The van der Waals surface area contributed by atoms with Crippen molar-refractivity contribution in [1.29, 1.82) is 0 Å². The van der Waals surface area contributed by atoms with Gasteiger partial charge in [-0.2, -0.15) is 0 Å². The van der Waals surface area contributed by atoms with Gasteiger partial charge in [-0.25, -0.2) is 0 Å². The number of nitrogens with zero attached hydrogens (tertiary/aromatic N) is 1. The third-order valence-electron chi connectivity index (χ3n) is 2.65. The van der Waals surface area contributed by atoms with Gasteiger partial charge in [0, 0.05) is 11.6 Å². The maximum atomic E-state index is 4.34. The SMILES string of the molecule is Cc1ccnc2ccc(C(C)C)cc12. The van der Waals surface area contributed by atoms with E-state index in [2.05, 4.69) is 50.0 Å². The van der Waals surface area contributed by atoms with Crippen molar-refractivity contribution in [2.75, 3.05) is 0 Å². The van der Waals surface area contributed by atoms with Crippen LogP contribution >= 0.6 is 0 Å². The Morgan fingerprint density at radius 1 is 1.14 bits per heavy atom. The highest BCUT2D eigenvalue weighted by Crippen LogP contribution is 2.22. The van der Waals surface area contributed by atoms with Crippen LogP contribution in [0.25, 0.3) is 10.9 Å². The monoisotopic (exact) mass is 185 g/mol. The largest absolute Gasteiger partial charge is 0.256 e. The molecule has 1 aromatic carbocycles. The van der Waals surface area contributed by atoms with Crippen molar-refractivity contribution in [2.45, 2.75) is 26.7 Å². The van der Waals surface area contributed by atoms with E-state index in [1.165, 1.54) is 16.5 Å². The van der Waals surface area contributed by atoms with Crippen molar-refractivity contribution in [3.05, 3.63) is 41.6 Å². The van der Waals surface area contributed by atoms with Gasteiger partial charge in [0.2, 0.25) is 0 Å². The number of hydrogen-bond donors (Lipinski definition) is 0. The number of fused-ring (bicyclic) bond motifs is 1. The molecule has 1 heterocycles. The first-order valence-corrected chi connectivity index (χ1v) is 5.04. The van der Waals surface area contributed by atoms with Crippen molar-refractivity contribution in [3.63, 3.8) is 0 Å². The molecule has 0 spiro atoms. The summed E-state index contributed by atoms with van der Waals surface area (Å²) < 4.78 is 0. The van der Waals surface area contributed by atoms with E-state index >= 15 is 0 Å². The molecule has 0 saturated carbocycles. The second kappa shape index (κ2) is 3.41. The van der Waals surface area contributed by atoms with Crippen LogP contribution in [0.15, 0.2) is 30.5 Å². The van der Waals surface area contributed by atoms with Gasteiger partial charge in [-0.05, 0) is 42.2 Å². The average molecular weight is 185 g/mol. The number of rotatable bonds is 1. The normalized spacial score (nSPS) is 11.1. The van der Waals surface area contributed by atoms with Gasteiger partial charge in [0.25, 0.3) is 0 Å². The van der Waals surface area contributed by atoms with Crippen molar-refractivity contribution in [3.8, 4) is 0 Å². The highest BCUT2D eigenvalue weighted by atomic mass is 14.6. The van der Waals surface area contributed by atoms with Crippen LogP contribution in [0.3, 0.4) is 0 Å². The lowest BCUT2D eigenvalue weighted by atomic mass is 9.99. The third-order valence-corrected chi connectivity index (χ3v) is 2.65. The Bertz CT molecular complexity index is 458. The lowest BCUT2D eigenvalue weighted by molar-refractivity contribution is 0.868. The van der Waals surface area contributed by atoms with Crippen LogP contribution in [0.1, 0.15) is 30.9 Å². The van der Waals surface area contributed by atoms with E-state index in [0.29, 0.717) is 5.92 Å². The fourth-order valence-corrected chi connectivity index (χ4v) is 1.66. The zero-order valence-corrected chi connectivity index (χ0v) is 8.91. The summed E-state index contributed by atoms with van der Waals surface area (Å²) in [6, 6.07) is 8.59. The Hall–Kier alpha value is -1.37. The minimum atomic E-state index is 0.582. The molecule has 0 aliphatic carbocycles. The van der Waals surface area contributed by atoms with Crippen molar-refractivity contribution >= 4 is 10.9 Å². The lowest BCUT2D eigenvalue weighted by Crippen LogP contribution is -1.89. The Labute approximate surface area is 84.8 Å². The van der Waals surface area contributed by atoms with Crippen LogP contribution in [0.5, 0.6) is 0 Å². The van der Waals surface area contributed by atoms with Gasteiger partial charge in [-0.1, -0.05) is 19.9 Å². The number of aromatic nitrogens is 1. The zero-order chi connectivity index (χ0) is 10.1. The molecule has 0 fully saturated rings. The fraction of sp³-hybridized carbons (Fsp3) is 0.308. The van der Waals surface area contributed by atoms with Crippen LogP contribution < -0.4 is 0 Å². The van der Waals surface area contributed by atoms with Crippen molar-refractivity contribution in [1.82, 2.24) is 4.98 Å². The molecule has 1 nitrogen and oxygen atoms in total. The summed E-state index contributed by atoms with van der Waals surface area (Å²) in [6.45, 7) is 6.56. The fourth-order valence-electron chi connectivity index (χ4n) is 1.66. The Kier molecular flexibility index (Phi) is 2.24. The number of hydrogen-bond acceptors (Lipinski definition) is 1. The molecule has 0 N–H and O–H groups in total. The summed E-state index contributed by atoms with van der Waals surface area (Å²) >= 11 is 0. The van der Waals surface area contributed by atoms with Gasteiger partial charge >= 0.3 is 0 Å². The van der Waals surface area contributed by atoms with Crippen LogP contribution in [0, 0.1) is 6.92 Å². The van der Waals surface area contributed by atoms with Gasteiger partial charge in [0.1, 0.15) is 0 Å². The third kappa shape index (κ3) is 1.50. The van der Waals surface area contributed by atoms with Gasteiger partial charge in [0.05, 0.1) is 5.52 Å². The molecule has 0 atom stereocenters. The Morgan fingerprint density at radius 2 is 1.93 bits per heavy atom. The van der Waals surface area contributed by atoms with E-state index in [-0.39, 0.29) is 0 Å². The first-order valence-electron chi connectivity index (χ1n) is 5.04. The number of benzene rings is 1. The molecule has 14 heavy (non-hydrogen) atoms. The molecule has 0 saturated heterocycles. The molecule has 1 heteroatoms. The lowest BCUT2D eigenvalue weighted by Gasteiger charge is -2.07. The van der Waals surface area contributed by atoms with E-state index in [9.17, 15) is 0 Å². The quantitative estimate of drug-likeness (QED) is 0.660. The van der Waals surface area contributed by atoms with E-state index in [1.807, 2.05) is 6.20 Å². The Balaban J connectivity index is 2.70. The van der Waals surface area contributed by atoms with Gasteiger partial charge in [-0.3, -0.25) is 4.98 Å². The summed E-state index contributed by atoms with van der Waals surface area (Å²) in [5, 5.41) is 1.28. The first-order chi connectivity index (χ1) is 6.68. The molecule has 0 aliphatic heterocycles. The van der Waals surface area contributed by atoms with Crippen LogP contribution in [-0.4, -0.2) is 4.98 Å². The predicted molar refractivity (Wildman–Crippen MR) is 60.6 cm³/mol. The van der Waals surface area contributed by atoms with Gasteiger partial charge in [-0.15, -0.1) is 0 Å². The zero-order valence-electron chi connectivity index (χ0n) is 8.91. The molecule has 72 valence electrons. The standard InChI is InChI=1S/C13H15N/c1-9(2)11-4-5-13-12(8-11)10(3)6-7-14-13/h4-9H,1-3H3. The number of pyridine rings is 1. The highest BCUT2D eigenvalue weighted by Gasteiger charge is 2.02. The molecule has 1 aromatic heterocycles. The maximum Gasteiger partial charge on any atom is 0.0704 e. The molecule has 0 aliphatic rings. The van der Waals surface area contributed by atoms with E-state index in [4.69, 9.17) is 0 Å². The van der Waals surface area contributed by atoms with Crippen LogP contribution in [-0.2, 0) is 0 Å². The second-order valence-corrected chi connectivity index (χ2v) is 4.06. The summed E-state index contributed by atoms with van der Waals surface area (Å²) in [7, 11) is 0. The second-order valence-electron chi connectivity index (χ2n) is 4.06. The molecular formula is C13H15N. The molecule has 2 aromatic rings. The highest BCUT2D eigenvalue weighted by molar-refractivity contribution is 5.82. The molecule has 2 rings (SSSR count). The topological polar surface area (TPSA) is 12.9 Å². The van der Waals surface area contributed by atoms with Gasteiger partial charge in [0.15, 0.2) is 0 Å². The molecule has 0 bridgehead atoms. The summed E-state index contributed by atoms with van der Waals surface area (Å²) in [5.74, 6) is 0.582. The summed E-state index contributed by atoms with van der Waals surface area (Å²) in [5.41, 5.74) is 3.78. The molecule has 0 amide bonds. The minimum Gasteiger partial charge on any atom is -0.256 e.